The number of likely N-dealkylation sites (tertiary alicyclic amines) is 1. The lowest BCUT2D eigenvalue weighted by Gasteiger charge is -2.40. The van der Waals surface area contributed by atoms with Crippen LogP contribution in [0.25, 0.3) is 32.9 Å². The minimum atomic E-state index is -4.43. The smallest absolute Gasteiger partial charge is 0.369 e. The molecule has 0 spiro atoms. The number of hydrogen-bond acceptors (Lipinski definition) is 5. The maximum absolute atomic E-state index is 17.3. The van der Waals surface area contributed by atoms with Crippen LogP contribution in [0.2, 0.25) is 10.0 Å². The van der Waals surface area contributed by atoms with E-state index in [4.69, 9.17) is 28.2 Å². The van der Waals surface area contributed by atoms with Gasteiger partial charge in [-0.25, -0.2) is 9.37 Å². The van der Waals surface area contributed by atoms with Gasteiger partial charge in [0.2, 0.25) is 5.91 Å². The number of aryl methyl sites for hydroxylation is 2. The van der Waals surface area contributed by atoms with Crippen LogP contribution in [0.15, 0.2) is 54.6 Å². The van der Waals surface area contributed by atoms with Crippen molar-refractivity contribution in [1.29, 1.82) is 5.26 Å². The Morgan fingerprint density at radius 3 is 2.50 bits per heavy atom. The molecule has 1 N–H and O–H groups in total. The van der Waals surface area contributed by atoms with Gasteiger partial charge in [-0.2, -0.15) is 18.4 Å². The third kappa shape index (κ3) is 5.53. The number of nitrogens with zero attached hydrogens (tertiary/aromatic N) is 5. The first-order chi connectivity index (χ1) is 26.9. The summed E-state index contributed by atoms with van der Waals surface area (Å²) in [5.74, 6) is -0.0683. The lowest BCUT2D eigenvalue weighted by atomic mass is 9.79. The van der Waals surface area contributed by atoms with Crippen LogP contribution in [0, 0.1) is 41.8 Å². The normalized spacial score (nSPS) is 25.6. The first-order valence-corrected chi connectivity index (χ1v) is 20.1. The van der Waals surface area contributed by atoms with E-state index in [1.165, 1.54) is 12.1 Å². The number of nitriles is 1. The number of benzene rings is 3. The molecule has 4 bridgehead atoms. The van der Waals surface area contributed by atoms with Crippen molar-refractivity contribution in [3.8, 4) is 17.2 Å². The standard InChI is InChI=1S/C43H38Cl2F4N6O/c1-21-30-17-34(40-25-14-28(54(40)42(56)22-7-8-22)20-53(19-25)27-11-9-26(10-12-27)43(47,48)49)55(39-24-16-33(39)51-18-24)41(30)31-15-23(4-3-13-50)35(37(46)38(31)52-21)29-5-2-6-32(44)36(29)45/h2,5-6,9-12,15,17,22,24-25,28,33,39-40,51H,3-4,7-8,14,16,18-20H2,1H3. The van der Waals surface area contributed by atoms with Crippen molar-refractivity contribution in [1.82, 2.24) is 19.8 Å². The number of nitrogens with one attached hydrogen (secondary N) is 1. The highest BCUT2D eigenvalue weighted by Crippen LogP contribution is 2.54. The van der Waals surface area contributed by atoms with Gasteiger partial charge in [0.1, 0.15) is 5.52 Å². The van der Waals surface area contributed by atoms with Crippen LogP contribution in [0.4, 0.5) is 23.2 Å². The van der Waals surface area contributed by atoms with E-state index in [0.29, 0.717) is 51.9 Å². The summed E-state index contributed by atoms with van der Waals surface area (Å²) in [6, 6.07) is 16.7. The van der Waals surface area contributed by atoms with E-state index in [9.17, 15) is 23.2 Å². The van der Waals surface area contributed by atoms with Crippen LogP contribution in [0.1, 0.15) is 66.7 Å². The molecule has 11 rings (SSSR count). The second-order valence-corrected chi connectivity index (χ2v) is 17.1. The lowest BCUT2D eigenvalue weighted by molar-refractivity contribution is -0.137. The van der Waals surface area contributed by atoms with Gasteiger partial charge in [-0.3, -0.25) is 4.79 Å². The van der Waals surface area contributed by atoms with Crippen molar-refractivity contribution in [2.45, 2.75) is 75.8 Å². The Balaban J connectivity index is 1.18. The average Bonchev–Trinajstić information content (AvgIpc) is 3.46. The van der Waals surface area contributed by atoms with Crippen LogP contribution in [-0.2, 0) is 17.4 Å². The van der Waals surface area contributed by atoms with Crippen molar-refractivity contribution >= 4 is 56.6 Å². The number of carbonyl (C=O) groups excluding carboxylic acids is 1. The van der Waals surface area contributed by atoms with Crippen LogP contribution < -0.4 is 10.2 Å². The molecule has 6 fully saturated rings. The number of rotatable bonds is 7. The van der Waals surface area contributed by atoms with Crippen molar-refractivity contribution < 1.29 is 22.4 Å². The SMILES string of the molecule is Cc1nc2c(F)c(-c3cccc(Cl)c3Cl)c(CCC#N)cc2c2c1cc(C1C3CC(CN(c4ccc(C(F)(F)F)cc4)C3)N1C(=O)C1CC1)n2C1C2CNC1C2. The Labute approximate surface area is 331 Å². The largest absolute Gasteiger partial charge is 0.416 e. The van der Waals surface area contributed by atoms with Gasteiger partial charge < -0.3 is 19.7 Å². The summed E-state index contributed by atoms with van der Waals surface area (Å²) in [6.45, 7) is 3.86. The third-order valence-electron chi connectivity index (χ3n) is 13.1. The summed E-state index contributed by atoms with van der Waals surface area (Å²) in [7, 11) is 0. The molecule has 2 aromatic heterocycles. The van der Waals surface area contributed by atoms with E-state index in [0.717, 1.165) is 61.0 Å². The highest BCUT2D eigenvalue weighted by atomic mass is 35.5. The van der Waals surface area contributed by atoms with E-state index >= 15 is 4.39 Å². The van der Waals surface area contributed by atoms with Crippen molar-refractivity contribution in [3.63, 3.8) is 0 Å². The Morgan fingerprint density at radius 1 is 1.04 bits per heavy atom. The fourth-order valence-electron chi connectivity index (χ4n) is 10.4. The topological polar surface area (TPSA) is 77.2 Å². The van der Waals surface area contributed by atoms with Crippen molar-refractivity contribution in [2.24, 2.45) is 17.8 Å². The molecule has 13 heteroatoms. The molecule has 288 valence electrons. The van der Waals surface area contributed by atoms with Crippen molar-refractivity contribution in [3.05, 3.63) is 93.0 Å². The number of carbonyl (C=O) groups is 1. The molecule has 6 aliphatic rings. The summed E-state index contributed by atoms with van der Waals surface area (Å²) >= 11 is 13.1. The Morgan fingerprint density at radius 2 is 1.82 bits per heavy atom. The van der Waals surface area contributed by atoms with Gasteiger partial charge in [0.25, 0.3) is 0 Å². The van der Waals surface area contributed by atoms with Gasteiger partial charge in [-0.1, -0.05) is 35.3 Å². The Kier molecular flexibility index (Phi) is 8.41. The first kappa shape index (κ1) is 36.0. The van der Waals surface area contributed by atoms with Crippen LogP contribution >= 0.6 is 23.2 Å². The fraction of sp³-hybridized carbons (Fsp3) is 0.419. The predicted molar refractivity (Wildman–Crippen MR) is 208 cm³/mol. The number of aromatic nitrogens is 2. The van der Waals surface area contributed by atoms with Gasteiger partial charge in [-0.15, -0.1) is 0 Å². The minimum Gasteiger partial charge on any atom is -0.369 e. The molecular formula is C43H38Cl2F4N6O. The summed E-state index contributed by atoms with van der Waals surface area (Å²) in [5, 5.41) is 15.4. The van der Waals surface area contributed by atoms with Gasteiger partial charge in [0, 0.05) is 82.9 Å². The van der Waals surface area contributed by atoms with Gasteiger partial charge in [0.15, 0.2) is 5.82 Å². The molecule has 1 amide bonds. The van der Waals surface area contributed by atoms with E-state index < -0.39 is 17.6 Å². The summed E-state index contributed by atoms with van der Waals surface area (Å²) in [5.41, 5.74) is 4.09. The molecule has 4 aliphatic heterocycles. The van der Waals surface area contributed by atoms with Crippen LogP contribution in [0.3, 0.4) is 0 Å². The molecule has 7 nitrogen and oxygen atoms in total. The summed E-state index contributed by atoms with van der Waals surface area (Å²) < 4.78 is 60.1. The molecule has 6 unspecified atom stereocenters. The van der Waals surface area contributed by atoms with E-state index in [2.05, 4.69) is 31.8 Å². The minimum absolute atomic E-state index is 0.00604. The van der Waals surface area contributed by atoms with Gasteiger partial charge in [-0.05, 0) is 93.0 Å². The van der Waals surface area contributed by atoms with Crippen LogP contribution in [0.5, 0.6) is 0 Å². The van der Waals surface area contributed by atoms with Gasteiger partial charge >= 0.3 is 6.18 Å². The maximum Gasteiger partial charge on any atom is 0.416 e. The average molecular weight is 802 g/mol. The lowest BCUT2D eigenvalue weighted by Crippen LogP contribution is -2.45. The first-order valence-electron chi connectivity index (χ1n) is 19.4. The second-order valence-electron chi connectivity index (χ2n) is 16.3. The molecule has 6 heterocycles. The molecule has 6 atom stereocenters. The van der Waals surface area contributed by atoms with E-state index in [1.807, 2.05) is 13.0 Å². The second kappa shape index (κ2) is 13.1. The Hall–Kier alpha value is -4.37. The summed E-state index contributed by atoms with van der Waals surface area (Å²) in [6.07, 6.45) is -0.475. The van der Waals surface area contributed by atoms with E-state index in [-0.39, 0.29) is 70.9 Å². The van der Waals surface area contributed by atoms with Gasteiger partial charge in [0.05, 0.1) is 45.3 Å². The van der Waals surface area contributed by atoms with Crippen LogP contribution in [-0.4, -0.2) is 52.1 Å². The molecule has 56 heavy (non-hydrogen) atoms. The monoisotopic (exact) mass is 800 g/mol. The molecule has 3 aromatic carbocycles. The zero-order valence-electron chi connectivity index (χ0n) is 30.5. The molecule has 4 saturated heterocycles. The molecule has 5 aromatic rings. The maximum atomic E-state index is 17.3. The number of anilines is 1. The zero-order chi connectivity index (χ0) is 38.8. The fourth-order valence-corrected chi connectivity index (χ4v) is 10.8. The highest BCUT2D eigenvalue weighted by Gasteiger charge is 2.55. The number of piperidine rings is 1. The number of hydrogen-bond donors (Lipinski definition) is 1. The van der Waals surface area contributed by atoms with E-state index in [1.54, 1.807) is 18.2 Å². The number of alkyl halides is 3. The molecule has 0 radical (unpaired) electrons. The third-order valence-corrected chi connectivity index (χ3v) is 13.9. The van der Waals surface area contributed by atoms with Crippen molar-refractivity contribution in [2.75, 3.05) is 24.5 Å². The quantitative estimate of drug-likeness (QED) is 0.166. The number of amides is 1. The Bertz CT molecular complexity index is 2480. The molecule has 2 aliphatic carbocycles. The highest BCUT2D eigenvalue weighted by molar-refractivity contribution is 6.43. The molecular weight excluding hydrogens is 763 g/mol. The number of halogens is 6. The summed E-state index contributed by atoms with van der Waals surface area (Å²) in [4.78, 5) is 23.6. The zero-order valence-corrected chi connectivity index (χ0v) is 32.0. The molecule has 2 saturated carbocycles. The predicted octanol–water partition coefficient (Wildman–Crippen LogP) is 9.81. The number of pyridine rings is 1. The number of fused-ring (bicyclic) bond motifs is 6.